The van der Waals surface area contributed by atoms with Crippen LogP contribution in [0.25, 0.3) is 11.1 Å². The van der Waals surface area contributed by atoms with Crippen LogP contribution in [0.4, 0.5) is 4.79 Å². The van der Waals surface area contributed by atoms with E-state index in [0.29, 0.717) is 33.9 Å². The molecule has 6 rings (SSSR count). The highest BCUT2D eigenvalue weighted by Crippen LogP contribution is 2.55. The zero-order chi connectivity index (χ0) is 37.4. The number of carbonyl (C=O) groups is 2. The number of amides is 2. The minimum Gasteiger partial charge on any atom is -0.489 e. The van der Waals surface area contributed by atoms with E-state index in [-0.39, 0.29) is 35.0 Å². The number of nitrogens with one attached hydrogen (secondary N) is 1. The number of aromatic nitrogens is 2. The van der Waals surface area contributed by atoms with E-state index in [1.165, 1.54) is 0 Å². The molecule has 10 nitrogen and oxygen atoms in total. The van der Waals surface area contributed by atoms with Gasteiger partial charge in [-0.1, -0.05) is 51.4 Å². The topological polar surface area (TPSA) is 113 Å². The molecule has 0 unspecified atom stereocenters. The minimum absolute atomic E-state index is 0.117. The smallest absolute Gasteiger partial charge is 0.410 e. The summed E-state index contributed by atoms with van der Waals surface area (Å²) < 4.78 is 14.0. The third-order valence-electron chi connectivity index (χ3n) is 11.2. The second-order valence-electron chi connectivity index (χ2n) is 17.0. The van der Waals surface area contributed by atoms with Crippen LogP contribution < -0.4 is 10.1 Å². The SMILES string of the molecule is CC(C)(C)OC(=O)N1CCC(CN2CCC(n3cc(-c4ccc(C(=O)NC5C(C)(C)C(Oc6ccc(C#N)c(Cl)c6)C5(C)C)cc4)cn3)CC2)CC1. The van der Waals surface area contributed by atoms with Crippen molar-refractivity contribution >= 4 is 23.6 Å². The molecule has 0 radical (unpaired) electrons. The second-order valence-corrected chi connectivity index (χ2v) is 17.4. The van der Waals surface area contributed by atoms with Crippen LogP contribution in [0.15, 0.2) is 54.9 Å². The fraction of sp³-hybridized carbons (Fsp3) is 0.561. The number of hydrogen-bond acceptors (Lipinski definition) is 7. The Morgan fingerprint density at radius 1 is 0.962 bits per heavy atom. The molecule has 2 aliphatic heterocycles. The third-order valence-corrected chi connectivity index (χ3v) is 11.5. The van der Waals surface area contributed by atoms with Gasteiger partial charge < -0.3 is 24.6 Å². The number of halogens is 1. The molecule has 1 aliphatic carbocycles. The second kappa shape index (κ2) is 14.7. The lowest BCUT2D eigenvalue weighted by Crippen LogP contribution is -2.74. The molecule has 2 saturated heterocycles. The van der Waals surface area contributed by atoms with E-state index in [2.05, 4.69) is 54.9 Å². The standard InChI is InChI=1S/C41H53ClN6O4/c1-39(2,3)52-38(50)47-20-14-27(15-21-47)25-46-18-16-32(17-19-46)48-26-31(24-44-48)28-8-10-29(11-9-28)35(49)45-36-40(4,5)37(41(36,6)7)51-33-13-12-30(23-43)34(42)22-33/h8-13,22,24,26-27,32,36-37H,14-21,25H2,1-7H3,(H,45,49). The third kappa shape index (κ3) is 8.11. The highest BCUT2D eigenvalue weighted by Gasteiger charge is 2.64. The summed E-state index contributed by atoms with van der Waals surface area (Å²) in [7, 11) is 0. The summed E-state index contributed by atoms with van der Waals surface area (Å²) >= 11 is 6.25. The van der Waals surface area contributed by atoms with E-state index in [9.17, 15) is 14.9 Å². The predicted molar refractivity (Wildman–Crippen MR) is 202 cm³/mol. The molecule has 3 fully saturated rings. The number of ether oxygens (including phenoxy) is 2. The summed E-state index contributed by atoms with van der Waals surface area (Å²) in [6, 6.07) is 15.2. The van der Waals surface area contributed by atoms with Gasteiger partial charge in [0.15, 0.2) is 0 Å². The molecule has 2 amide bonds. The van der Waals surface area contributed by atoms with Crippen molar-refractivity contribution in [2.24, 2.45) is 16.7 Å². The summed E-state index contributed by atoms with van der Waals surface area (Å²) in [5, 5.41) is 17.6. The molecule has 3 aromatic rings. The Balaban J connectivity index is 0.975. The van der Waals surface area contributed by atoms with Gasteiger partial charge in [0.2, 0.25) is 0 Å². The average molecular weight is 729 g/mol. The Morgan fingerprint density at radius 2 is 1.62 bits per heavy atom. The Bertz CT molecular complexity index is 1770. The first-order valence-corrected chi connectivity index (χ1v) is 18.9. The zero-order valence-corrected chi connectivity index (χ0v) is 32.4. The van der Waals surface area contributed by atoms with Gasteiger partial charge in [-0.3, -0.25) is 9.48 Å². The molecular formula is C41H53ClN6O4. The van der Waals surface area contributed by atoms with Gasteiger partial charge in [0.05, 0.1) is 22.8 Å². The van der Waals surface area contributed by atoms with Crippen molar-refractivity contribution in [3.05, 3.63) is 71.0 Å². The van der Waals surface area contributed by atoms with Crippen LogP contribution in [0.5, 0.6) is 5.75 Å². The number of nitriles is 1. The first-order valence-electron chi connectivity index (χ1n) is 18.6. The summed E-state index contributed by atoms with van der Waals surface area (Å²) in [4.78, 5) is 30.3. The number of likely N-dealkylation sites (tertiary alicyclic amines) is 2. The molecular weight excluding hydrogens is 676 g/mol. The molecule has 1 saturated carbocycles. The largest absolute Gasteiger partial charge is 0.489 e. The Hall–Kier alpha value is -4.07. The van der Waals surface area contributed by atoms with Gasteiger partial charge >= 0.3 is 6.09 Å². The summed E-state index contributed by atoms with van der Waals surface area (Å²) in [6.07, 6.45) is 7.82. The maximum atomic E-state index is 13.5. The lowest BCUT2D eigenvalue weighted by atomic mass is 9.49. The number of rotatable bonds is 8. The molecule has 1 aromatic heterocycles. The zero-order valence-electron chi connectivity index (χ0n) is 31.6. The van der Waals surface area contributed by atoms with Gasteiger partial charge in [-0.25, -0.2) is 4.79 Å². The number of piperidine rings is 2. The monoisotopic (exact) mass is 728 g/mol. The Kier molecular flexibility index (Phi) is 10.7. The quantitative estimate of drug-likeness (QED) is 0.250. The van der Waals surface area contributed by atoms with Gasteiger partial charge in [0.25, 0.3) is 5.91 Å². The number of nitrogens with zero attached hydrogens (tertiary/aromatic N) is 5. The van der Waals surface area contributed by atoms with E-state index in [1.807, 2.05) is 56.1 Å². The normalized spacial score (nSPS) is 22.2. The first kappa shape index (κ1) is 37.7. The average Bonchev–Trinajstić information content (AvgIpc) is 3.60. The van der Waals surface area contributed by atoms with Crippen LogP contribution in [0, 0.1) is 28.1 Å². The van der Waals surface area contributed by atoms with Crippen molar-refractivity contribution in [1.29, 1.82) is 5.26 Å². The molecule has 2 aromatic carbocycles. The Labute approximate surface area is 313 Å². The van der Waals surface area contributed by atoms with Crippen LogP contribution >= 0.6 is 11.6 Å². The molecule has 1 N–H and O–H groups in total. The maximum Gasteiger partial charge on any atom is 0.410 e. The molecule has 3 aliphatic rings. The highest BCUT2D eigenvalue weighted by molar-refractivity contribution is 6.31. The van der Waals surface area contributed by atoms with Gasteiger partial charge in [0.1, 0.15) is 23.5 Å². The highest BCUT2D eigenvalue weighted by atomic mass is 35.5. The lowest BCUT2D eigenvalue weighted by molar-refractivity contribution is -0.164. The Morgan fingerprint density at radius 3 is 2.21 bits per heavy atom. The molecule has 0 atom stereocenters. The minimum atomic E-state index is -0.461. The van der Waals surface area contributed by atoms with Crippen molar-refractivity contribution in [2.45, 2.75) is 97.9 Å². The predicted octanol–water partition coefficient (Wildman–Crippen LogP) is 7.97. The van der Waals surface area contributed by atoms with Gasteiger partial charge in [0, 0.05) is 73.0 Å². The van der Waals surface area contributed by atoms with Crippen LogP contribution in [0.3, 0.4) is 0 Å². The van der Waals surface area contributed by atoms with Crippen molar-refractivity contribution in [1.82, 2.24) is 24.9 Å². The molecule has 278 valence electrons. The summed E-state index contributed by atoms with van der Waals surface area (Å²) in [5.41, 5.74) is 1.93. The summed E-state index contributed by atoms with van der Waals surface area (Å²) in [6.45, 7) is 18.8. The molecule has 0 bridgehead atoms. The molecule has 3 heterocycles. The van der Waals surface area contributed by atoms with Crippen LogP contribution in [-0.2, 0) is 4.74 Å². The first-order chi connectivity index (χ1) is 24.5. The van der Waals surface area contributed by atoms with Crippen molar-refractivity contribution in [3.63, 3.8) is 0 Å². The maximum absolute atomic E-state index is 13.5. The molecule has 52 heavy (non-hydrogen) atoms. The van der Waals surface area contributed by atoms with E-state index >= 15 is 0 Å². The van der Waals surface area contributed by atoms with Gasteiger partial charge in [-0.2, -0.15) is 10.4 Å². The van der Waals surface area contributed by atoms with Crippen molar-refractivity contribution < 1.29 is 19.1 Å². The van der Waals surface area contributed by atoms with Gasteiger partial charge in [-0.05, 0) is 82.2 Å². The number of benzene rings is 2. The summed E-state index contributed by atoms with van der Waals surface area (Å²) in [5.74, 6) is 1.10. The number of hydrogen-bond donors (Lipinski definition) is 1. The van der Waals surface area contributed by atoms with E-state index in [1.54, 1.807) is 18.2 Å². The van der Waals surface area contributed by atoms with Gasteiger partial charge in [-0.15, -0.1) is 0 Å². The van der Waals surface area contributed by atoms with Crippen LogP contribution in [0.2, 0.25) is 5.02 Å². The van der Waals surface area contributed by atoms with Crippen molar-refractivity contribution in [2.75, 3.05) is 32.7 Å². The lowest BCUT2D eigenvalue weighted by Gasteiger charge is -2.63. The molecule has 11 heteroatoms. The number of carbonyl (C=O) groups excluding carboxylic acids is 2. The van der Waals surface area contributed by atoms with Crippen molar-refractivity contribution in [3.8, 4) is 22.9 Å². The van der Waals surface area contributed by atoms with E-state index in [4.69, 9.17) is 26.2 Å². The van der Waals surface area contributed by atoms with Crippen LogP contribution in [-0.4, -0.2) is 82.1 Å². The van der Waals surface area contributed by atoms with Crippen LogP contribution in [0.1, 0.15) is 96.1 Å². The fourth-order valence-electron chi connectivity index (χ4n) is 8.67. The van der Waals surface area contributed by atoms with E-state index < -0.39 is 5.60 Å². The van der Waals surface area contributed by atoms with E-state index in [0.717, 1.165) is 69.5 Å². The fourth-order valence-corrected chi connectivity index (χ4v) is 8.88. The molecule has 0 spiro atoms.